The van der Waals surface area contributed by atoms with E-state index in [0.717, 1.165) is 103 Å². The first-order valence-electron chi connectivity index (χ1n) is 33.6. The van der Waals surface area contributed by atoms with Crippen molar-refractivity contribution in [2.75, 3.05) is 47.5 Å². The average molecular weight is 1170 g/mol. The Balaban J connectivity index is 4.07. The Morgan fingerprint density at radius 2 is 0.659 bits per heavy atom. The molecular formula is C72H127NO8P+. The highest BCUT2D eigenvalue weighted by Gasteiger charge is 2.27. The van der Waals surface area contributed by atoms with E-state index >= 15 is 0 Å². The Labute approximate surface area is 506 Å². The Hall–Kier alpha value is -3.33. The van der Waals surface area contributed by atoms with Gasteiger partial charge in [-0.3, -0.25) is 18.6 Å². The maximum absolute atomic E-state index is 12.9. The van der Waals surface area contributed by atoms with Gasteiger partial charge in [0.25, 0.3) is 0 Å². The number of ether oxygens (including phenoxy) is 2. The average Bonchev–Trinajstić information content (AvgIpc) is 3.46. The first-order chi connectivity index (χ1) is 40.0. The minimum Gasteiger partial charge on any atom is -0.462 e. The van der Waals surface area contributed by atoms with Crippen LogP contribution in [0.4, 0.5) is 0 Å². The van der Waals surface area contributed by atoms with Crippen molar-refractivity contribution in [3.05, 3.63) is 109 Å². The van der Waals surface area contributed by atoms with Crippen LogP contribution in [0, 0.1) is 0 Å². The molecule has 9 nitrogen and oxygen atoms in total. The normalized spacial score (nSPS) is 13.9. The second kappa shape index (κ2) is 62.2. The quantitative estimate of drug-likeness (QED) is 0.0211. The zero-order valence-electron chi connectivity index (χ0n) is 53.7. The van der Waals surface area contributed by atoms with Crippen LogP contribution in [0.25, 0.3) is 0 Å². The highest BCUT2D eigenvalue weighted by atomic mass is 31.2. The molecule has 0 aromatic rings. The number of rotatable bonds is 61. The third kappa shape index (κ3) is 65.8. The topological polar surface area (TPSA) is 108 Å². The molecule has 0 aliphatic carbocycles. The summed E-state index contributed by atoms with van der Waals surface area (Å²) in [7, 11) is 1.47. The van der Waals surface area contributed by atoms with Crippen molar-refractivity contribution >= 4 is 19.8 Å². The molecule has 2 atom stereocenters. The molecule has 0 fully saturated rings. The van der Waals surface area contributed by atoms with Crippen LogP contribution >= 0.6 is 7.82 Å². The number of hydrogen-bond donors (Lipinski definition) is 1. The van der Waals surface area contributed by atoms with Gasteiger partial charge < -0.3 is 18.9 Å². The van der Waals surface area contributed by atoms with Crippen molar-refractivity contribution in [3.63, 3.8) is 0 Å². The highest BCUT2D eigenvalue weighted by Crippen LogP contribution is 2.43. The van der Waals surface area contributed by atoms with Crippen molar-refractivity contribution < 1.29 is 42.1 Å². The first kappa shape index (κ1) is 78.7. The number of carbonyl (C=O) groups is 2. The van der Waals surface area contributed by atoms with Gasteiger partial charge in [0.2, 0.25) is 0 Å². The fourth-order valence-corrected chi connectivity index (χ4v) is 9.95. The SMILES string of the molecule is CC/C=C\C/C=C\C/C=C\C/C=C\C/C=C\CCCCCCCCCCCCCC(=O)OC(COC(=O)CCCCCCCCCCCCCCCCCCCC/C=C\C/C=C\C/C=C\C/C=C\CC)COP(=O)(O)OCC[N+](C)(C)C. The van der Waals surface area contributed by atoms with Gasteiger partial charge in [-0.15, -0.1) is 0 Å². The molecule has 0 amide bonds. The van der Waals surface area contributed by atoms with Crippen molar-refractivity contribution in [2.45, 2.75) is 290 Å². The molecule has 472 valence electrons. The third-order valence-corrected chi connectivity index (χ3v) is 15.3. The van der Waals surface area contributed by atoms with E-state index in [1.807, 2.05) is 21.1 Å². The van der Waals surface area contributed by atoms with Crippen molar-refractivity contribution in [2.24, 2.45) is 0 Å². The molecule has 0 aromatic heterocycles. The number of likely N-dealkylation sites (N-methyl/N-ethyl adjacent to an activating group) is 1. The molecular weight excluding hydrogens is 1040 g/mol. The fourth-order valence-electron chi connectivity index (χ4n) is 9.21. The van der Waals surface area contributed by atoms with Gasteiger partial charge in [0.05, 0.1) is 27.7 Å². The van der Waals surface area contributed by atoms with Gasteiger partial charge >= 0.3 is 19.8 Å². The van der Waals surface area contributed by atoms with E-state index in [4.69, 9.17) is 18.5 Å². The minimum atomic E-state index is -4.40. The van der Waals surface area contributed by atoms with Gasteiger partial charge in [-0.05, 0) is 96.3 Å². The number of allylic oxidation sites excluding steroid dienone is 18. The molecule has 0 heterocycles. The second-order valence-electron chi connectivity index (χ2n) is 23.4. The summed E-state index contributed by atoms with van der Waals surface area (Å²) < 4.78 is 34.7. The van der Waals surface area contributed by atoms with E-state index < -0.39 is 26.5 Å². The number of hydrogen-bond acceptors (Lipinski definition) is 7. The molecule has 0 spiro atoms. The Morgan fingerprint density at radius 3 is 0.976 bits per heavy atom. The van der Waals surface area contributed by atoms with E-state index in [0.29, 0.717) is 17.4 Å². The summed E-state index contributed by atoms with van der Waals surface area (Å²) in [6.07, 6.45) is 87.5. The standard InChI is InChI=1S/C72H126NO8P/c1-6-8-10-12-14-16-18-20-22-24-26-28-30-32-34-35-36-37-39-40-42-44-46-48-50-52-54-56-58-60-62-64-71(74)78-68-70(69-80-82(76,77)79-67-66-73(3,4)5)81-72(75)65-63-61-59-57-55-53-51-49-47-45-43-41-38-33-31-29-27-25-23-21-19-17-15-13-11-9-7-2/h8-11,14-17,20-23,26-29,33,38,70H,6-7,12-13,18-19,24-25,30-32,34-37,39-69H2,1-5H3/p+1/b10-8-,11-9-,16-14-,17-15-,22-20-,23-21-,28-26-,29-27-,38-33-. The van der Waals surface area contributed by atoms with Crippen LogP contribution in [0.2, 0.25) is 0 Å². The van der Waals surface area contributed by atoms with E-state index in [1.165, 1.54) is 148 Å². The van der Waals surface area contributed by atoms with Crippen LogP contribution in [-0.4, -0.2) is 74.9 Å². The van der Waals surface area contributed by atoms with E-state index in [9.17, 15) is 19.0 Å². The van der Waals surface area contributed by atoms with Gasteiger partial charge in [-0.25, -0.2) is 4.57 Å². The van der Waals surface area contributed by atoms with Crippen LogP contribution in [0.1, 0.15) is 284 Å². The Bertz CT molecular complexity index is 1750. The molecule has 0 rings (SSSR count). The molecule has 0 aliphatic heterocycles. The highest BCUT2D eigenvalue weighted by molar-refractivity contribution is 7.47. The van der Waals surface area contributed by atoms with Crippen LogP contribution in [0.15, 0.2) is 109 Å². The molecule has 0 saturated carbocycles. The van der Waals surface area contributed by atoms with Crippen molar-refractivity contribution in [3.8, 4) is 0 Å². The minimum absolute atomic E-state index is 0.0278. The Morgan fingerprint density at radius 1 is 0.378 bits per heavy atom. The van der Waals surface area contributed by atoms with Gasteiger partial charge in [-0.1, -0.05) is 284 Å². The summed E-state index contributed by atoms with van der Waals surface area (Å²) in [6, 6.07) is 0. The molecule has 0 aliphatic rings. The maximum atomic E-state index is 12.9. The number of phosphoric acid groups is 1. The Kier molecular flexibility index (Phi) is 59.7. The molecule has 1 N–H and O–H groups in total. The monoisotopic (exact) mass is 1160 g/mol. The smallest absolute Gasteiger partial charge is 0.462 e. The summed E-state index contributed by atoms with van der Waals surface area (Å²) in [4.78, 5) is 35.9. The maximum Gasteiger partial charge on any atom is 0.472 e. The van der Waals surface area contributed by atoms with Crippen molar-refractivity contribution in [1.82, 2.24) is 0 Å². The predicted molar refractivity (Wildman–Crippen MR) is 353 cm³/mol. The number of phosphoric ester groups is 1. The zero-order chi connectivity index (χ0) is 59.8. The summed E-state index contributed by atoms with van der Waals surface area (Å²) >= 11 is 0. The van der Waals surface area contributed by atoms with E-state index in [2.05, 4.69) is 123 Å². The number of nitrogens with zero attached hydrogens (tertiary/aromatic N) is 1. The number of quaternary nitrogens is 1. The van der Waals surface area contributed by atoms with Gasteiger partial charge in [0.1, 0.15) is 19.8 Å². The molecule has 82 heavy (non-hydrogen) atoms. The molecule has 0 bridgehead atoms. The first-order valence-corrected chi connectivity index (χ1v) is 35.1. The van der Waals surface area contributed by atoms with E-state index in [-0.39, 0.29) is 32.0 Å². The zero-order valence-corrected chi connectivity index (χ0v) is 54.6. The summed E-state index contributed by atoms with van der Waals surface area (Å²) in [5.41, 5.74) is 0. The lowest BCUT2D eigenvalue weighted by molar-refractivity contribution is -0.870. The van der Waals surface area contributed by atoms with Gasteiger partial charge in [0, 0.05) is 12.8 Å². The lowest BCUT2D eigenvalue weighted by atomic mass is 10.0. The van der Waals surface area contributed by atoms with Crippen LogP contribution in [-0.2, 0) is 32.7 Å². The number of carbonyl (C=O) groups excluding carboxylic acids is 2. The second-order valence-corrected chi connectivity index (χ2v) is 24.9. The predicted octanol–water partition coefficient (Wildman–Crippen LogP) is 21.7. The van der Waals surface area contributed by atoms with Gasteiger partial charge in [0.15, 0.2) is 6.10 Å². The molecule has 0 aromatic carbocycles. The molecule has 2 unspecified atom stereocenters. The van der Waals surface area contributed by atoms with Crippen molar-refractivity contribution in [1.29, 1.82) is 0 Å². The largest absolute Gasteiger partial charge is 0.472 e. The summed E-state index contributed by atoms with van der Waals surface area (Å²) in [5.74, 6) is -0.796. The summed E-state index contributed by atoms with van der Waals surface area (Å²) in [6.45, 7) is 4.23. The fraction of sp³-hybridized carbons (Fsp3) is 0.722. The van der Waals surface area contributed by atoms with Crippen LogP contribution < -0.4 is 0 Å². The third-order valence-electron chi connectivity index (χ3n) is 14.3. The van der Waals surface area contributed by atoms with Gasteiger partial charge in [-0.2, -0.15) is 0 Å². The molecule has 0 saturated heterocycles. The molecule has 10 heteroatoms. The van der Waals surface area contributed by atoms with E-state index in [1.54, 1.807) is 0 Å². The van der Waals surface area contributed by atoms with Crippen LogP contribution in [0.3, 0.4) is 0 Å². The molecule has 0 radical (unpaired) electrons. The number of esters is 2. The lowest BCUT2D eigenvalue weighted by Crippen LogP contribution is -2.37. The number of unbranched alkanes of at least 4 members (excludes halogenated alkanes) is 29. The lowest BCUT2D eigenvalue weighted by Gasteiger charge is -2.24. The van der Waals surface area contributed by atoms with Crippen LogP contribution in [0.5, 0.6) is 0 Å². The summed E-state index contributed by atoms with van der Waals surface area (Å²) in [5, 5.41) is 0.